The van der Waals surface area contributed by atoms with Gasteiger partial charge in [0.25, 0.3) is 0 Å². The molecule has 0 fully saturated rings. The molecule has 0 aromatic heterocycles. The molecule has 0 spiro atoms. The molecule has 36 heavy (non-hydrogen) atoms. The summed E-state index contributed by atoms with van der Waals surface area (Å²) < 4.78 is 0. The van der Waals surface area contributed by atoms with E-state index in [1.807, 2.05) is 0 Å². The van der Waals surface area contributed by atoms with Crippen molar-refractivity contribution >= 4 is 35.5 Å². The molecule has 5 N–H and O–H groups in total. The van der Waals surface area contributed by atoms with E-state index in [-0.39, 0.29) is 44.3 Å². The van der Waals surface area contributed by atoms with Gasteiger partial charge in [0.15, 0.2) is 0 Å². The number of carbonyl (C=O) groups is 6. The smallest absolute Gasteiger partial charge is 0.326 e. The molecular formula is C25H42N2O9. The van der Waals surface area contributed by atoms with E-state index in [1.54, 1.807) is 0 Å². The van der Waals surface area contributed by atoms with Crippen LogP contribution in [0.15, 0.2) is 0 Å². The van der Waals surface area contributed by atoms with Crippen molar-refractivity contribution in [3.05, 3.63) is 0 Å². The highest BCUT2D eigenvalue weighted by Crippen LogP contribution is 2.12. The maximum atomic E-state index is 12.1. The highest BCUT2D eigenvalue weighted by atomic mass is 16.4. The molecule has 2 amide bonds. The molecule has 0 radical (unpaired) electrons. The summed E-state index contributed by atoms with van der Waals surface area (Å²) in [5, 5.41) is 31.8. The van der Waals surface area contributed by atoms with Gasteiger partial charge in [0.2, 0.25) is 11.8 Å². The molecule has 0 saturated heterocycles. The molecule has 206 valence electrons. The first-order valence-electron chi connectivity index (χ1n) is 12.8. The van der Waals surface area contributed by atoms with Gasteiger partial charge in [-0.3, -0.25) is 14.4 Å². The Morgan fingerprint density at radius 1 is 0.528 bits per heavy atom. The standard InChI is InChI=1S/C25H42N2O9/c1-18(28)14-15-19(24(33)34)27-22(30)17-16-20(25(35)36)26-21(29)12-10-8-6-4-2-3-5-7-9-11-13-23(31)32/h19-20H,2-17H2,1H3,(H,26,29)(H,27,30)(H,31,32)(H,33,34)(H,35,36)/t19-,20-/m0/s1. The summed E-state index contributed by atoms with van der Waals surface area (Å²) in [6.07, 6.45) is 9.40. The number of ketones is 1. The van der Waals surface area contributed by atoms with Gasteiger partial charge in [-0.05, 0) is 32.6 Å². The van der Waals surface area contributed by atoms with Crippen LogP contribution in [0.25, 0.3) is 0 Å². The quantitative estimate of drug-likeness (QED) is 0.128. The first kappa shape index (κ1) is 33.0. The number of carboxylic acid groups (broad SMARTS) is 3. The number of hydrogen-bond acceptors (Lipinski definition) is 6. The van der Waals surface area contributed by atoms with E-state index in [4.69, 9.17) is 10.2 Å². The lowest BCUT2D eigenvalue weighted by atomic mass is 10.0. The average molecular weight is 515 g/mol. The minimum atomic E-state index is -1.28. The van der Waals surface area contributed by atoms with Crippen LogP contribution in [0.4, 0.5) is 0 Å². The Bertz CT molecular complexity index is 724. The van der Waals surface area contributed by atoms with Crippen molar-refractivity contribution < 1.29 is 44.1 Å². The summed E-state index contributed by atoms with van der Waals surface area (Å²) in [5.41, 5.74) is 0. The summed E-state index contributed by atoms with van der Waals surface area (Å²) in [5.74, 6) is -4.57. The lowest BCUT2D eigenvalue weighted by Crippen LogP contribution is -2.44. The van der Waals surface area contributed by atoms with Crippen molar-refractivity contribution in [2.24, 2.45) is 0 Å². The molecule has 11 nitrogen and oxygen atoms in total. The van der Waals surface area contributed by atoms with E-state index < -0.39 is 41.8 Å². The van der Waals surface area contributed by atoms with E-state index in [1.165, 1.54) is 6.92 Å². The Morgan fingerprint density at radius 2 is 0.889 bits per heavy atom. The van der Waals surface area contributed by atoms with E-state index >= 15 is 0 Å². The van der Waals surface area contributed by atoms with Crippen LogP contribution in [-0.2, 0) is 28.8 Å². The minimum absolute atomic E-state index is 0.00123. The molecule has 0 rings (SSSR count). The zero-order chi connectivity index (χ0) is 27.3. The van der Waals surface area contributed by atoms with Crippen LogP contribution < -0.4 is 10.6 Å². The first-order valence-corrected chi connectivity index (χ1v) is 12.8. The van der Waals surface area contributed by atoms with E-state index in [2.05, 4.69) is 10.6 Å². The Kier molecular flexibility index (Phi) is 18.6. The molecule has 0 unspecified atom stereocenters. The van der Waals surface area contributed by atoms with Crippen molar-refractivity contribution in [1.29, 1.82) is 0 Å². The van der Waals surface area contributed by atoms with Crippen LogP contribution in [0.3, 0.4) is 0 Å². The number of hydrogen-bond donors (Lipinski definition) is 5. The highest BCUT2D eigenvalue weighted by molar-refractivity contribution is 5.86. The predicted octanol–water partition coefficient (Wildman–Crippen LogP) is 3.04. The Hall–Kier alpha value is -2.98. The van der Waals surface area contributed by atoms with Crippen molar-refractivity contribution in [1.82, 2.24) is 10.6 Å². The van der Waals surface area contributed by atoms with Crippen LogP contribution in [0, 0.1) is 0 Å². The highest BCUT2D eigenvalue weighted by Gasteiger charge is 2.24. The zero-order valence-electron chi connectivity index (χ0n) is 21.3. The van der Waals surface area contributed by atoms with Gasteiger partial charge in [0, 0.05) is 25.7 Å². The second-order valence-electron chi connectivity index (χ2n) is 9.13. The predicted molar refractivity (Wildman–Crippen MR) is 131 cm³/mol. The van der Waals surface area contributed by atoms with Gasteiger partial charge in [-0.15, -0.1) is 0 Å². The molecule has 11 heteroatoms. The number of rotatable bonds is 23. The summed E-state index contributed by atoms with van der Waals surface area (Å²) >= 11 is 0. The summed E-state index contributed by atoms with van der Waals surface area (Å²) in [6, 6.07) is -2.48. The Labute approximate surface area is 212 Å². The van der Waals surface area contributed by atoms with Crippen molar-refractivity contribution in [2.45, 2.75) is 122 Å². The van der Waals surface area contributed by atoms with Crippen LogP contribution in [0.2, 0.25) is 0 Å². The molecule has 0 bridgehead atoms. The summed E-state index contributed by atoms with van der Waals surface area (Å²) in [4.78, 5) is 68.3. The van der Waals surface area contributed by atoms with Crippen molar-refractivity contribution in [3.63, 3.8) is 0 Å². The molecule has 0 aliphatic carbocycles. The monoisotopic (exact) mass is 514 g/mol. The number of amides is 2. The van der Waals surface area contributed by atoms with Gasteiger partial charge in [0.1, 0.15) is 17.9 Å². The van der Waals surface area contributed by atoms with Crippen molar-refractivity contribution in [3.8, 4) is 0 Å². The SMILES string of the molecule is CC(=O)CC[C@H](NC(=O)CC[C@H](NC(=O)CCCCCCCCCCCCC(=O)O)C(=O)O)C(=O)O. The molecule has 0 saturated carbocycles. The maximum absolute atomic E-state index is 12.1. The summed E-state index contributed by atoms with van der Waals surface area (Å²) in [7, 11) is 0. The normalized spacial score (nSPS) is 12.4. The molecule has 2 atom stereocenters. The van der Waals surface area contributed by atoms with Crippen molar-refractivity contribution in [2.75, 3.05) is 0 Å². The number of nitrogens with one attached hydrogen (secondary N) is 2. The van der Waals surface area contributed by atoms with E-state index in [0.29, 0.717) is 6.42 Å². The molecule has 0 aliphatic rings. The van der Waals surface area contributed by atoms with E-state index in [0.717, 1.165) is 57.8 Å². The third kappa shape index (κ3) is 19.3. The van der Waals surface area contributed by atoms with Gasteiger partial charge >= 0.3 is 17.9 Å². The second-order valence-corrected chi connectivity index (χ2v) is 9.13. The third-order valence-electron chi connectivity index (χ3n) is 5.76. The summed E-state index contributed by atoms with van der Waals surface area (Å²) in [6.45, 7) is 1.32. The fourth-order valence-electron chi connectivity index (χ4n) is 3.65. The Balaban J connectivity index is 4.04. The molecule has 0 aliphatic heterocycles. The van der Waals surface area contributed by atoms with Crippen LogP contribution in [-0.4, -0.2) is 62.9 Å². The second kappa shape index (κ2) is 20.2. The topological polar surface area (TPSA) is 187 Å². The lowest BCUT2D eigenvalue weighted by molar-refractivity contribution is -0.143. The average Bonchev–Trinajstić information content (AvgIpc) is 2.79. The third-order valence-corrected chi connectivity index (χ3v) is 5.76. The largest absolute Gasteiger partial charge is 0.481 e. The van der Waals surface area contributed by atoms with Crippen LogP contribution in [0.1, 0.15) is 110 Å². The number of Topliss-reactive ketones (excluding diaryl/α,β-unsaturated/α-hetero) is 1. The molecular weight excluding hydrogens is 472 g/mol. The van der Waals surface area contributed by atoms with Gasteiger partial charge in [0.05, 0.1) is 0 Å². The van der Waals surface area contributed by atoms with Crippen LogP contribution in [0.5, 0.6) is 0 Å². The zero-order valence-corrected chi connectivity index (χ0v) is 21.3. The van der Waals surface area contributed by atoms with Gasteiger partial charge < -0.3 is 30.7 Å². The number of carboxylic acids is 3. The molecule has 0 aromatic carbocycles. The van der Waals surface area contributed by atoms with Gasteiger partial charge in [-0.1, -0.05) is 51.4 Å². The van der Waals surface area contributed by atoms with Gasteiger partial charge in [-0.2, -0.15) is 0 Å². The minimum Gasteiger partial charge on any atom is -0.481 e. The number of carbonyl (C=O) groups excluding carboxylic acids is 3. The fraction of sp³-hybridized carbons (Fsp3) is 0.760. The lowest BCUT2D eigenvalue weighted by Gasteiger charge is -2.16. The molecule has 0 heterocycles. The number of unbranched alkanes of at least 4 members (excludes halogenated alkanes) is 9. The fourth-order valence-corrected chi connectivity index (χ4v) is 3.65. The molecule has 0 aromatic rings. The Morgan fingerprint density at radius 3 is 1.28 bits per heavy atom. The maximum Gasteiger partial charge on any atom is 0.326 e. The van der Waals surface area contributed by atoms with Crippen LogP contribution >= 0.6 is 0 Å². The first-order chi connectivity index (χ1) is 17.0. The van der Waals surface area contributed by atoms with E-state index in [9.17, 15) is 33.9 Å². The number of aliphatic carboxylic acids is 3. The van der Waals surface area contributed by atoms with Gasteiger partial charge in [-0.25, -0.2) is 9.59 Å².